The van der Waals surface area contributed by atoms with Gasteiger partial charge in [-0.2, -0.15) is 0 Å². The molecule has 1 aromatic rings. The average molecular weight is 298 g/mol. The molecule has 2 fully saturated rings. The first-order valence-electron chi connectivity index (χ1n) is 9.31. The monoisotopic (exact) mass is 298 g/mol. The molecule has 2 saturated carbocycles. The Morgan fingerprint density at radius 3 is 1.82 bits per heavy atom. The van der Waals surface area contributed by atoms with Gasteiger partial charge in [-0.25, -0.2) is 0 Å². The van der Waals surface area contributed by atoms with E-state index in [9.17, 15) is 5.11 Å². The number of rotatable bonds is 4. The Morgan fingerprint density at radius 1 is 0.818 bits per heavy atom. The van der Waals surface area contributed by atoms with Crippen LogP contribution >= 0.6 is 0 Å². The Bertz CT molecular complexity index is 453. The van der Waals surface area contributed by atoms with Crippen LogP contribution in [0.1, 0.15) is 69.8 Å². The molecule has 22 heavy (non-hydrogen) atoms. The number of hydrogen-bond donors (Lipinski definition) is 1. The van der Waals surface area contributed by atoms with Crippen molar-refractivity contribution >= 4 is 0 Å². The van der Waals surface area contributed by atoms with Gasteiger partial charge >= 0.3 is 0 Å². The third kappa shape index (κ3) is 4.15. The highest BCUT2D eigenvalue weighted by Crippen LogP contribution is 2.39. The summed E-state index contributed by atoms with van der Waals surface area (Å²) in [7, 11) is 0. The second kappa shape index (κ2) is 7.85. The minimum Gasteiger partial charge on any atom is -0.508 e. The fourth-order valence-electron chi connectivity index (χ4n) is 4.41. The molecule has 2 aliphatic carbocycles. The van der Waals surface area contributed by atoms with E-state index in [0.717, 1.165) is 18.3 Å². The first kappa shape index (κ1) is 15.6. The molecule has 0 amide bonds. The van der Waals surface area contributed by atoms with Crippen molar-refractivity contribution in [3.05, 3.63) is 41.5 Å². The minimum absolute atomic E-state index is 0.368. The molecule has 1 N–H and O–H groups in total. The van der Waals surface area contributed by atoms with Crippen molar-refractivity contribution < 1.29 is 5.11 Å². The van der Waals surface area contributed by atoms with E-state index in [1.54, 1.807) is 5.57 Å². The van der Waals surface area contributed by atoms with Gasteiger partial charge in [0.05, 0.1) is 0 Å². The zero-order valence-electron chi connectivity index (χ0n) is 13.8. The van der Waals surface area contributed by atoms with Gasteiger partial charge < -0.3 is 5.11 Å². The van der Waals surface area contributed by atoms with Crippen LogP contribution in [0.15, 0.2) is 35.9 Å². The summed E-state index contributed by atoms with van der Waals surface area (Å²) < 4.78 is 0. The van der Waals surface area contributed by atoms with Crippen LogP contribution in [-0.4, -0.2) is 5.11 Å². The van der Waals surface area contributed by atoms with Gasteiger partial charge in [0.2, 0.25) is 0 Å². The summed E-state index contributed by atoms with van der Waals surface area (Å²) in [6.45, 7) is 0. The lowest BCUT2D eigenvalue weighted by Crippen LogP contribution is -2.19. The van der Waals surface area contributed by atoms with E-state index in [1.807, 2.05) is 12.1 Å². The normalized spacial score (nSPS) is 20.7. The third-order valence-corrected chi connectivity index (χ3v) is 5.66. The van der Waals surface area contributed by atoms with Crippen molar-refractivity contribution in [1.29, 1.82) is 0 Å². The molecule has 0 atom stereocenters. The van der Waals surface area contributed by atoms with E-state index < -0.39 is 0 Å². The number of benzene rings is 1. The second-order valence-corrected chi connectivity index (χ2v) is 7.24. The van der Waals surface area contributed by atoms with Crippen LogP contribution in [0, 0.1) is 11.8 Å². The summed E-state index contributed by atoms with van der Waals surface area (Å²) in [6.07, 6.45) is 17.8. The van der Waals surface area contributed by atoms with Crippen molar-refractivity contribution in [2.75, 3.05) is 0 Å². The van der Waals surface area contributed by atoms with Gasteiger partial charge in [-0.15, -0.1) is 0 Å². The fourth-order valence-corrected chi connectivity index (χ4v) is 4.41. The smallest absolute Gasteiger partial charge is 0.115 e. The number of phenols is 1. The molecule has 0 aliphatic heterocycles. The van der Waals surface area contributed by atoms with Crippen molar-refractivity contribution in [3.63, 3.8) is 0 Å². The van der Waals surface area contributed by atoms with E-state index in [1.165, 1.54) is 69.8 Å². The summed E-state index contributed by atoms with van der Waals surface area (Å²) in [6, 6.07) is 7.74. The number of aromatic hydroxyl groups is 1. The van der Waals surface area contributed by atoms with Crippen molar-refractivity contribution in [3.8, 4) is 5.75 Å². The predicted octanol–water partition coefficient (Wildman–Crippen LogP) is 6.02. The van der Waals surface area contributed by atoms with Gasteiger partial charge in [0.1, 0.15) is 5.75 Å². The topological polar surface area (TPSA) is 20.2 Å². The van der Waals surface area contributed by atoms with Gasteiger partial charge in [0, 0.05) is 0 Å². The SMILES string of the molecule is Oc1ccc(CC=C(C2CCCCC2)C2CCCCC2)cc1. The fraction of sp³-hybridized carbons (Fsp3) is 0.619. The molecule has 0 radical (unpaired) electrons. The van der Waals surface area contributed by atoms with Crippen molar-refractivity contribution in [1.82, 2.24) is 0 Å². The van der Waals surface area contributed by atoms with Gasteiger partial charge in [-0.1, -0.05) is 62.3 Å². The molecule has 3 rings (SSSR count). The molecule has 0 spiro atoms. The van der Waals surface area contributed by atoms with E-state index in [-0.39, 0.29) is 0 Å². The van der Waals surface area contributed by atoms with Crippen LogP contribution in [0.3, 0.4) is 0 Å². The largest absolute Gasteiger partial charge is 0.508 e. The Morgan fingerprint density at radius 2 is 1.32 bits per heavy atom. The van der Waals surface area contributed by atoms with E-state index >= 15 is 0 Å². The lowest BCUT2D eigenvalue weighted by atomic mass is 9.73. The zero-order chi connectivity index (χ0) is 15.2. The van der Waals surface area contributed by atoms with Gasteiger partial charge in [-0.05, 0) is 61.6 Å². The number of hydrogen-bond acceptors (Lipinski definition) is 1. The molecule has 1 aromatic carbocycles. The van der Waals surface area contributed by atoms with Gasteiger partial charge in [-0.3, -0.25) is 0 Å². The summed E-state index contributed by atoms with van der Waals surface area (Å²) in [5, 5.41) is 9.43. The minimum atomic E-state index is 0.368. The van der Waals surface area contributed by atoms with Gasteiger partial charge in [0.25, 0.3) is 0 Å². The highest BCUT2D eigenvalue weighted by molar-refractivity contribution is 5.28. The Labute approximate surface area is 135 Å². The predicted molar refractivity (Wildman–Crippen MR) is 93.0 cm³/mol. The van der Waals surface area contributed by atoms with E-state index in [2.05, 4.69) is 18.2 Å². The van der Waals surface area contributed by atoms with E-state index in [0.29, 0.717) is 5.75 Å². The Hall–Kier alpha value is -1.24. The number of phenolic OH excluding ortho intramolecular Hbond substituents is 1. The standard InChI is InChI=1S/C21H30O/c22-20-14-11-17(12-15-20)13-16-21(18-7-3-1-4-8-18)19-9-5-2-6-10-19/h11-12,14-16,18-19,22H,1-10,13H2. The number of allylic oxidation sites excluding steroid dienone is 2. The van der Waals surface area contributed by atoms with E-state index in [4.69, 9.17) is 0 Å². The van der Waals surface area contributed by atoms with Crippen LogP contribution in [0.2, 0.25) is 0 Å². The molecule has 0 bridgehead atoms. The van der Waals surface area contributed by atoms with Crippen LogP contribution in [0.5, 0.6) is 5.75 Å². The molecule has 0 heterocycles. The summed E-state index contributed by atoms with van der Waals surface area (Å²) in [5.74, 6) is 2.08. The van der Waals surface area contributed by atoms with Crippen molar-refractivity contribution in [2.45, 2.75) is 70.6 Å². The molecule has 2 aliphatic rings. The lowest BCUT2D eigenvalue weighted by molar-refractivity contribution is 0.325. The molecule has 1 nitrogen and oxygen atoms in total. The van der Waals surface area contributed by atoms with Crippen LogP contribution < -0.4 is 0 Å². The summed E-state index contributed by atoms with van der Waals surface area (Å²) in [5.41, 5.74) is 3.11. The van der Waals surface area contributed by atoms with Crippen LogP contribution in [0.25, 0.3) is 0 Å². The summed E-state index contributed by atoms with van der Waals surface area (Å²) in [4.78, 5) is 0. The molecule has 120 valence electrons. The second-order valence-electron chi connectivity index (χ2n) is 7.24. The Kier molecular flexibility index (Phi) is 5.58. The first-order valence-corrected chi connectivity index (χ1v) is 9.31. The molecule has 0 aromatic heterocycles. The van der Waals surface area contributed by atoms with Crippen LogP contribution in [0.4, 0.5) is 0 Å². The van der Waals surface area contributed by atoms with Crippen LogP contribution in [-0.2, 0) is 6.42 Å². The Balaban J connectivity index is 1.73. The molecule has 1 heteroatoms. The molecular weight excluding hydrogens is 268 g/mol. The maximum atomic E-state index is 9.43. The maximum absolute atomic E-state index is 9.43. The zero-order valence-corrected chi connectivity index (χ0v) is 13.8. The first-order chi connectivity index (χ1) is 10.8. The maximum Gasteiger partial charge on any atom is 0.115 e. The highest BCUT2D eigenvalue weighted by atomic mass is 16.3. The lowest BCUT2D eigenvalue weighted by Gasteiger charge is -2.32. The quantitative estimate of drug-likeness (QED) is 0.674. The highest BCUT2D eigenvalue weighted by Gasteiger charge is 2.25. The molecule has 0 saturated heterocycles. The summed E-state index contributed by atoms with van der Waals surface area (Å²) >= 11 is 0. The molecule has 0 unspecified atom stereocenters. The average Bonchev–Trinajstić information content (AvgIpc) is 2.59. The molecular formula is C21H30O. The third-order valence-electron chi connectivity index (χ3n) is 5.66. The van der Waals surface area contributed by atoms with Gasteiger partial charge in [0.15, 0.2) is 0 Å². The van der Waals surface area contributed by atoms with Crippen molar-refractivity contribution in [2.24, 2.45) is 11.8 Å².